The van der Waals surface area contributed by atoms with Crippen LogP contribution in [0.1, 0.15) is 13.8 Å². The summed E-state index contributed by atoms with van der Waals surface area (Å²) in [5.41, 5.74) is 4.37. The molecule has 82 valence electrons. The molecule has 4 N–H and O–H groups in total. The number of nitrogens with zero attached hydrogens (tertiary/aromatic N) is 1. The standard InChI is InChI=1S/C7H15N3O3S/c1-7(2,6(8)11)10-3-5(4-10)14(9,12)13/h5H,3-4H2,1-2H3,(H2,8,11)(H2,9,12,13). The van der Waals surface area contributed by atoms with E-state index in [2.05, 4.69) is 0 Å². The summed E-state index contributed by atoms with van der Waals surface area (Å²) in [4.78, 5) is 12.7. The minimum Gasteiger partial charge on any atom is -0.368 e. The molecule has 1 heterocycles. The summed E-state index contributed by atoms with van der Waals surface area (Å²) in [5, 5.41) is 4.38. The van der Waals surface area contributed by atoms with Gasteiger partial charge in [0.1, 0.15) is 5.25 Å². The number of primary sulfonamides is 1. The third kappa shape index (κ3) is 1.89. The van der Waals surface area contributed by atoms with Gasteiger partial charge in [-0.25, -0.2) is 13.6 Å². The van der Waals surface area contributed by atoms with Crippen LogP contribution in [0, 0.1) is 0 Å². The molecule has 1 saturated heterocycles. The first-order valence-corrected chi connectivity index (χ1v) is 5.83. The monoisotopic (exact) mass is 221 g/mol. The predicted octanol–water partition coefficient (Wildman–Crippen LogP) is -1.78. The SMILES string of the molecule is CC(C)(C(N)=O)N1CC(S(N)(=O)=O)C1. The first kappa shape index (κ1) is 11.4. The fourth-order valence-corrected chi connectivity index (χ4v) is 2.03. The molecule has 0 aliphatic carbocycles. The van der Waals surface area contributed by atoms with Crippen molar-refractivity contribution in [2.75, 3.05) is 13.1 Å². The first-order valence-electron chi connectivity index (χ1n) is 4.22. The van der Waals surface area contributed by atoms with E-state index in [1.165, 1.54) is 0 Å². The van der Waals surface area contributed by atoms with Crippen molar-refractivity contribution in [3.8, 4) is 0 Å². The van der Waals surface area contributed by atoms with Crippen molar-refractivity contribution in [2.45, 2.75) is 24.6 Å². The van der Waals surface area contributed by atoms with E-state index < -0.39 is 26.7 Å². The van der Waals surface area contributed by atoms with Gasteiger partial charge in [0, 0.05) is 13.1 Å². The Morgan fingerprint density at radius 2 is 1.86 bits per heavy atom. The summed E-state index contributed by atoms with van der Waals surface area (Å²) >= 11 is 0. The molecule has 0 saturated carbocycles. The van der Waals surface area contributed by atoms with Crippen LogP contribution in [0.25, 0.3) is 0 Å². The van der Waals surface area contributed by atoms with Crippen molar-refractivity contribution in [1.29, 1.82) is 0 Å². The van der Waals surface area contributed by atoms with Crippen LogP contribution in [0.5, 0.6) is 0 Å². The van der Waals surface area contributed by atoms with Gasteiger partial charge in [0.15, 0.2) is 0 Å². The highest BCUT2D eigenvalue weighted by atomic mass is 32.2. The fourth-order valence-electron chi connectivity index (χ4n) is 1.26. The van der Waals surface area contributed by atoms with E-state index in [9.17, 15) is 13.2 Å². The van der Waals surface area contributed by atoms with Gasteiger partial charge in [0.05, 0.1) is 5.54 Å². The highest BCUT2D eigenvalue weighted by molar-refractivity contribution is 7.89. The summed E-state index contributed by atoms with van der Waals surface area (Å²) < 4.78 is 21.8. The molecule has 0 aromatic heterocycles. The second kappa shape index (κ2) is 3.18. The van der Waals surface area contributed by atoms with E-state index in [4.69, 9.17) is 10.9 Å². The molecule has 1 aliphatic heterocycles. The van der Waals surface area contributed by atoms with Crippen LogP contribution >= 0.6 is 0 Å². The van der Waals surface area contributed by atoms with E-state index >= 15 is 0 Å². The second-order valence-corrected chi connectivity index (χ2v) is 5.88. The van der Waals surface area contributed by atoms with E-state index in [0.717, 1.165) is 0 Å². The molecule has 0 aromatic carbocycles. The fraction of sp³-hybridized carbons (Fsp3) is 0.857. The molecule has 0 radical (unpaired) electrons. The number of carbonyl (C=O) groups is 1. The number of nitrogens with two attached hydrogens (primary N) is 2. The zero-order chi connectivity index (χ0) is 11.1. The van der Waals surface area contributed by atoms with Crippen LogP contribution < -0.4 is 10.9 Å². The van der Waals surface area contributed by atoms with Crippen LogP contribution in [0.3, 0.4) is 0 Å². The molecule has 0 spiro atoms. The Labute approximate surface area is 83.3 Å². The van der Waals surface area contributed by atoms with Gasteiger partial charge in [-0.15, -0.1) is 0 Å². The normalized spacial score (nSPS) is 20.5. The lowest BCUT2D eigenvalue weighted by molar-refractivity contribution is -0.130. The number of hydrogen-bond donors (Lipinski definition) is 2. The van der Waals surface area contributed by atoms with Gasteiger partial charge < -0.3 is 5.73 Å². The van der Waals surface area contributed by atoms with Crippen LogP contribution in [0.15, 0.2) is 0 Å². The van der Waals surface area contributed by atoms with Gasteiger partial charge in [-0.3, -0.25) is 9.69 Å². The average molecular weight is 221 g/mol. The Morgan fingerprint density at radius 1 is 1.43 bits per heavy atom. The molecule has 6 nitrogen and oxygen atoms in total. The minimum absolute atomic E-state index is 0.273. The Kier molecular flexibility index (Phi) is 2.59. The number of rotatable bonds is 3. The van der Waals surface area contributed by atoms with E-state index in [1.807, 2.05) is 0 Å². The lowest BCUT2D eigenvalue weighted by Gasteiger charge is -2.46. The number of likely N-dealkylation sites (tertiary alicyclic amines) is 1. The Morgan fingerprint density at radius 3 is 2.14 bits per heavy atom. The molecule has 0 bridgehead atoms. The summed E-state index contributed by atoms with van der Waals surface area (Å²) in [6, 6.07) is 0. The zero-order valence-corrected chi connectivity index (χ0v) is 9.04. The van der Waals surface area contributed by atoms with Crippen molar-refractivity contribution < 1.29 is 13.2 Å². The lowest BCUT2D eigenvalue weighted by Crippen LogP contribution is -2.66. The zero-order valence-electron chi connectivity index (χ0n) is 8.23. The van der Waals surface area contributed by atoms with Crippen LogP contribution in [0.2, 0.25) is 0 Å². The Hall–Kier alpha value is -0.660. The Bertz CT molecular complexity index is 343. The van der Waals surface area contributed by atoms with Gasteiger partial charge in [-0.2, -0.15) is 0 Å². The molecular formula is C7H15N3O3S. The van der Waals surface area contributed by atoms with Crippen molar-refractivity contribution in [3.05, 3.63) is 0 Å². The van der Waals surface area contributed by atoms with E-state index in [0.29, 0.717) is 0 Å². The highest BCUT2D eigenvalue weighted by Gasteiger charge is 2.44. The second-order valence-electron chi connectivity index (χ2n) is 4.04. The van der Waals surface area contributed by atoms with Gasteiger partial charge in [0.2, 0.25) is 15.9 Å². The van der Waals surface area contributed by atoms with E-state index in [-0.39, 0.29) is 13.1 Å². The summed E-state index contributed by atoms with van der Waals surface area (Å²) in [6.07, 6.45) is 0. The maximum Gasteiger partial charge on any atom is 0.237 e. The molecule has 1 fully saturated rings. The van der Waals surface area contributed by atoms with Crippen molar-refractivity contribution in [3.63, 3.8) is 0 Å². The molecule has 0 unspecified atom stereocenters. The van der Waals surface area contributed by atoms with Crippen molar-refractivity contribution >= 4 is 15.9 Å². The highest BCUT2D eigenvalue weighted by Crippen LogP contribution is 2.24. The maximum absolute atomic E-state index is 11.0. The number of primary amides is 1. The molecule has 7 heteroatoms. The average Bonchev–Trinajstić information content (AvgIpc) is 1.77. The Balaban J connectivity index is 2.62. The maximum atomic E-state index is 11.0. The quantitative estimate of drug-likeness (QED) is 0.587. The molecule has 1 aliphatic rings. The number of carbonyl (C=O) groups excluding carboxylic acids is 1. The lowest BCUT2D eigenvalue weighted by atomic mass is 9.97. The van der Waals surface area contributed by atoms with Gasteiger partial charge in [-0.05, 0) is 13.8 Å². The number of sulfonamides is 1. The third-order valence-electron chi connectivity index (χ3n) is 2.71. The van der Waals surface area contributed by atoms with Crippen LogP contribution in [-0.2, 0) is 14.8 Å². The summed E-state index contributed by atoms with van der Waals surface area (Å²) in [6.45, 7) is 3.87. The molecule has 1 rings (SSSR count). The smallest absolute Gasteiger partial charge is 0.237 e. The molecule has 14 heavy (non-hydrogen) atoms. The number of hydrogen-bond acceptors (Lipinski definition) is 4. The first-order chi connectivity index (χ1) is 6.15. The van der Waals surface area contributed by atoms with Crippen molar-refractivity contribution in [1.82, 2.24) is 4.90 Å². The van der Waals surface area contributed by atoms with Gasteiger partial charge >= 0.3 is 0 Å². The van der Waals surface area contributed by atoms with Gasteiger partial charge in [0.25, 0.3) is 0 Å². The summed E-state index contributed by atoms with van der Waals surface area (Å²) in [7, 11) is -3.48. The largest absolute Gasteiger partial charge is 0.368 e. The number of amides is 1. The topological polar surface area (TPSA) is 106 Å². The molecule has 1 amide bonds. The minimum atomic E-state index is -3.48. The molecular weight excluding hydrogens is 206 g/mol. The van der Waals surface area contributed by atoms with E-state index in [1.54, 1.807) is 18.7 Å². The van der Waals surface area contributed by atoms with Crippen LogP contribution in [-0.4, -0.2) is 43.1 Å². The van der Waals surface area contributed by atoms with Crippen LogP contribution in [0.4, 0.5) is 0 Å². The molecule has 0 aromatic rings. The molecule has 0 atom stereocenters. The third-order valence-corrected chi connectivity index (χ3v) is 3.93. The van der Waals surface area contributed by atoms with Gasteiger partial charge in [-0.1, -0.05) is 0 Å². The van der Waals surface area contributed by atoms with Crippen molar-refractivity contribution in [2.24, 2.45) is 10.9 Å². The predicted molar refractivity (Wildman–Crippen MR) is 51.7 cm³/mol. The summed E-state index contributed by atoms with van der Waals surface area (Å²) in [5.74, 6) is -0.467.